The zero-order chi connectivity index (χ0) is 25.7. The molecule has 34 heavy (non-hydrogen) atoms. The Morgan fingerprint density at radius 2 is 1.88 bits per heavy atom. The van der Waals surface area contributed by atoms with Crippen molar-refractivity contribution in [3.63, 3.8) is 0 Å². The number of carboxylic acids is 1. The second-order valence-electron chi connectivity index (χ2n) is 10.9. The Hall–Kier alpha value is -1.90. The maximum absolute atomic E-state index is 16.9. The normalized spacial score (nSPS) is 44.7. The van der Waals surface area contributed by atoms with Crippen molar-refractivity contribution in [2.75, 3.05) is 6.61 Å². The van der Waals surface area contributed by atoms with Crippen LogP contribution in [-0.4, -0.2) is 61.9 Å². The minimum atomic E-state index is -1.98. The summed E-state index contributed by atoms with van der Waals surface area (Å²) in [4.78, 5) is 34.0. The van der Waals surface area contributed by atoms with Crippen LogP contribution in [0.1, 0.15) is 66.2 Å². The van der Waals surface area contributed by atoms with Gasteiger partial charge in [-0.3, -0.25) is 14.4 Å². The van der Waals surface area contributed by atoms with Gasteiger partial charge in [-0.15, -0.1) is 0 Å². The lowest BCUT2D eigenvalue weighted by atomic mass is 9.44. The second kappa shape index (κ2) is 8.95. The van der Waals surface area contributed by atoms with Crippen LogP contribution in [0, 0.1) is 28.6 Å². The fraction of sp³-hybridized carbons (Fsp3) is 0.731. The fourth-order valence-electron chi connectivity index (χ4n) is 7.47. The van der Waals surface area contributed by atoms with Crippen molar-refractivity contribution in [3.8, 4) is 0 Å². The molecule has 190 valence electrons. The van der Waals surface area contributed by atoms with Crippen LogP contribution in [0.3, 0.4) is 0 Å². The zero-order valence-corrected chi connectivity index (χ0v) is 20.4. The summed E-state index contributed by atoms with van der Waals surface area (Å²) in [6.45, 7) is 6.32. The lowest BCUT2D eigenvalue weighted by Gasteiger charge is -2.62. The second-order valence-corrected chi connectivity index (χ2v) is 10.9. The van der Waals surface area contributed by atoms with Crippen LogP contribution in [0.25, 0.3) is 0 Å². The number of alkyl halides is 1. The van der Waals surface area contributed by atoms with Crippen LogP contribution in [0.15, 0.2) is 23.8 Å². The van der Waals surface area contributed by atoms with E-state index in [0.29, 0.717) is 31.3 Å². The maximum Gasteiger partial charge on any atom is 0.303 e. The molecule has 0 saturated heterocycles. The molecule has 0 aromatic rings. The first kappa shape index (κ1) is 26.7. The van der Waals surface area contributed by atoms with E-state index >= 15 is 4.39 Å². The molecule has 0 bridgehead atoms. The largest absolute Gasteiger partial charge is 0.481 e. The van der Waals surface area contributed by atoms with E-state index in [1.807, 2.05) is 6.92 Å². The first-order chi connectivity index (χ1) is 15.7. The third-order valence-electron chi connectivity index (χ3n) is 9.26. The van der Waals surface area contributed by atoms with Gasteiger partial charge >= 0.3 is 5.97 Å². The smallest absolute Gasteiger partial charge is 0.303 e. The number of aliphatic hydroxyl groups is 3. The van der Waals surface area contributed by atoms with Crippen molar-refractivity contribution in [1.82, 2.24) is 0 Å². The predicted molar refractivity (Wildman–Crippen MR) is 122 cm³/mol. The summed E-state index contributed by atoms with van der Waals surface area (Å²) >= 11 is 0. The topological polar surface area (TPSA) is 132 Å². The minimum Gasteiger partial charge on any atom is -0.481 e. The number of hydrogen-bond acceptors (Lipinski definition) is 6. The number of aliphatic carboxylic acids is 1. The third kappa shape index (κ3) is 3.52. The van der Waals surface area contributed by atoms with E-state index in [-0.39, 0.29) is 18.1 Å². The standard InChI is InChI=1S/C22H29FO5.C4H8O2/c1-12-8-16-15-5-4-13-9-14(25)6-7-19(13,2)21(15,23)17(26)10-20(16,3)22(12,28)18(27)11-24;1-2-3-4(5)6/h6-7,9,12,15-17,24,26,28H,4-5,8,10-11H2,1-3H3;2-3H2,1H3,(H,5,6)/t12-,15+,16+,17+,19+,20+,21+,22+;/m1./s1. The summed E-state index contributed by atoms with van der Waals surface area (Å²) in [5.41, 5.74) is -5.17. The molecular weight excluding hydrogens is 443 g/mol. The Balaban J connectivity index is 0.000000481. The lowest BCUT2D eigenvalue weighted by Crippen LogP contribution is -2.69. The summed E-state index contributed by atoms with van der Waals surface area (Å²) in [6, 6.07) is 0. The highest BCUT2D eigenvalue weighted by Crippen LogP contribution is 2.70. The molecule has 0 spiro atoms. The van der Waals surface area contributed by atoms with Crippen LogP contribution < -0.4 is 0 Å². The Morgan fingerprint density at radius 3 is 2.41 bits per heavy atom. The Kier molecular flexibility index (Phi) is 7.03. The van der Waals surface area contributed by atoms with Gasteiger partial charge in [0.25, 0.3) is 0 Å². The summed E-state index contributed by atoms with van der Waals surface area (Å²) in [7, 11) is 0. The van der Waals surface area contributed by atoms with Crippen LogP contribution in [0.2, 0.25) is 0 Å². The Labute approximate surface area is 199 Å². The first-order valence-electron chi connectivity index (χ1n) is 12.1. The monoisotopic (exact) mass is 480 g/mol. The number of halogens is 1. The summed E-state index contributed by atoms with van der Waals surface area (Å²) < 4.78 is 16.9. The van der Waals surface area contributed by atoms with Crippen LogP contribution in [0.4, 0.5) is 4.39 Å². The average Bonchev–Trinajstić information content (AvgIpc) is 2.96. The van der Waals surface area contributed by atoms with Gasteiger partial charge in [0.1, 0.15) is 12.2 Å². The quantitative estimate of drug-likeness (QED) is 0.486. The van der Waals surface area contributed by atoms with Crippen LogP contribution in [-0.2, 0) is 14.4 Å². The van der Waals surface area contributed by atoms with Gasteiger partial charge in [0.05, 0.1) is 6.10 Å². The number of carbonyl (C=O) groups is 3. The Bertz CT molecular complexity index is 928. The minimum absolute atomic E-state index is 0.0676. The van der Waals surface area contributed by atoms with E-state index in [9.17, 15) is 29.7 Å². The van der Waals surface area contributed by atoms with Gasteiger partial charge in [-0.2, -0.15) is 0 Å². The number of carboxylic acid groups (broad SMARTS) is 1. The molecule has 8 atom stereocenters. The summed E-state index contributed by atoms with van der Waals surface area (Å²) in [6.07, 6.45) is 5.46. The van der Waals surface area contributed by atoms with Crippen molar-refractivity contribution < 1.29 is 39.2 Å². The van der Waals surface area contributed by atoms with Crippen molar-refractivity contribution in [1.29, 1.82) is 0 Å². The molecule has 0 radical (unpaired) electrons. The van der Waals surface area contributed by atoms with E-state index < -0.39 is 58.4 Å². The van der Waals surface area contributed by atoms with Gasteiger partial charge in [0.15, 0.2) is 17.2 Å². The fourth-order valence-corrected chi connectivity index (χ4v) is 7.47. The van der Waals surface area contributed by atoms with E-state index in [0.717, 1.165) is 6.42 Å². The van der Waals surface area contributed by atoms with Crippen LogP contribution in [0.5, 0.6) is 0 Å². The molecular formula is C26H37FO7. The number of fused-ring (bicyclic) bond motifs is 5. The number of hydrogen-bond donors (Lipinski definition) is 4. The molecule has 0 aliphatic heterocycles. The third-order valence-corrected chi connectivity index (χ3v) is 9.26. The first-order valence-corrected chi connectivity index (χ1v) is 12.1. The molecule has 4 rings (SSSR count). The summed E-state index contributed by atoms with van der Waals surface area (Å²) in [5.74, 6) is -2.83. The van der Waals surface area contributed by atoms with E-state index in [1.165, 1.54) is 12.2 Å². The van der Waals surface area contributed by atoms with Gasteiger partial charge in [-0.1, -0.05) is 32.4 Å². The summed E-state index contributed by atoms with van der Waals surface area (Å²) in [5, 5.41) is 39.9. The number of aliphatic hydroxyl groups excluding tert-OH is 2. The molecule has 3 saturated carbocycles. The van der Waals surface area contributed by atoms with Crippen molar-refractivity contribution in [3.05, 3.63) is 23.8 Å². The van der Waals surface area contributed by atoms with Crippen LogP contribution >= 0.6 is 0 Å². The molecule has 4 N–H and O–H groups in total. The molecule has 4 aliphatic carbocycles. The number of carbonyl (C=O) groups excluding carboxylic acids is 2. The molecule has 8 heteroatoms. The molecule has 4 aliphatic rings. The molecule has 0 aromatic heterocycles. The van der Waals surface area contributed by atoms with Crippen molar-refractivity contribution >= 4 is 17.5 Å². The van der Waals surface area contributed by atoms with E-state index in [1.54, 1.807) is 26.8 Å². The highest BCUT2D eigenvalue weighted by atomic mass is 19.1. The highest BCUT2D eigenvalue weighted by Gasteiger charge is 2.75. The lowest BCUT2D eigenvalue weighted by molar-refractivity contribution is -0.219. The molecule has 0 heterocycles. The maximum atomic E-state index is 16.9. The SMILES string of the molecule is CCCC(=O)O.C[C@@H]1C[C@H]2[C@@H]3CCC4=CC(=O)C=C[C@]4(C)[C@@]3(F)[C@@H](O)C[C@]2(C)[C@@]1(O)C(=O)CO. The van der Waals surface area contributed by atoms with E-state index in [4.69, 9.17) is 5.11 Å². The van der Waals surface area contributed by atoms with Gasteiger partial charge in [-0.25, -0.2) is 4.39 Å². The van der Waals surface area contributed by atoms with Crippen molar-refractivity contribution in [2.45, 2.75) is 83.6 Å². The van der Waals surface area contributed by atoms with Gasteiger partial charge < -0.3 is 20.4 Å². The van der Waals surface area contributed by atoms with Gasteiger partial charge in [-0.05, 0) is 63.0 Å². The number of Topliss-reactive ketones (excluding diaryl/α,β-unsaturated/α-hetero) is 1. The molecule has 0 amide bonds. The van der Waals surface area contributed by atoms with Crippen molar-refractivity contribution in [2.24, 2.45) is 28.6 Å². The molecule has 7 nitrogen and oxygen atoms in total. The molecule has 0 aromatic carbocycles. The number of rotatable bonds is 4. The molecule has 3 fully saturated rings. The number of ketones is 2. The van der Waals surface area contributed by atoms with E-state index in [2.05, 4.69) is 0 Å². The van der Waals surface area contributed by atoms with Gasteiger partial charge in [0.2, 0.25) is 0 Å². The highest BCUT2D eigenvalue weighted by molar-refractivity contribution is 6.01. The number of allylic oxidation sites excluding steroid dienone is 4. The zero-order valence-electron chi connectivity index (χ0n) is 20.4. The Morgan fingerprint density at radius 1 is 1.24 bits per heavy atom. The molecule has 0 unspecified atom stereocenters. The predicted octanol–water partition coefficient (Wildman–Crippen LogP) is 2.77. The van der Waals surface area contributed by atoms with Gasteiger partial charge in [0, 0.05) is 23.2 Å². The average molecular weight is 481 g/mol.